The number of hydrogen-bond acceptors (Lipinski definition) is 8. The molecule has 1 N–H and O–H groups in total. The van der Waals surface area contributed by atoms with Gasteiger partial charge in [-0.1, -0.05) is 30.7 Å². The normalized spacial score (nSPS) is 32.0. The summed E-state index contributed by atoms with van der Waals surface area (Å²) in [7, 11) is 1.34. The number of methoxy groups -OCH3 is 1. The first-order valence-electron chi connectivity index (χ1n) is 15.6. The number of aliphatic hydroxyl groups is 1. The minimum Gasteiger partial charge on any atom is -0.467 e. The monoisotopic (exact) mass is 574 g/mol. The summed E-state index contributed by atoms with van der Waals surface area (Å²) >= 11 is 0. The highest BCUT2D eigenvalue weighted by Gasteiger charge is 2.46. The van der Waals surface area contributed by atoms with Crippen LogP contribution in [0.15, 0.2) is 23.8 Å². The molecule has 8 heteroatoms. The van der Waals surface area contributed by atoms with E-state index in [2.05, 4.69) is 41.7 Å². The molecular weight excluding hydrogens is 524 g/mol. The molecule has 41 heavy (non-hydrogen) atoms. The van der Waals surface area contributed by atoms with Gasteiger partial charge in [0.2, 0.25) is 0 Å². The molecule has 1 saturated carbocycles. The van der Waals surface area contributed by atoms with Gasteiger partial charge in [0.25, 0.3) is 0 Å². The van der Waals surface area contributed by atoms with Gasteiger partial charge < -0.3 is 33.5 Å². The molecule has 0 aromatic carbocycles. The van der Waals surface area contributed by atoms with Gasteiger partial charge in [0, 0.05) is 31.5 Å². The second-order valence-electron chi connectivity index (χ2n) is 11.9. The van der Waals surface area contributed by atoms with Crippen LogP contribution in [0.4, 0.5) is 0 Å². The number of carbonyl (C=O) groups is 1. The van der Waals surface area contributed by atoms with Crippen molar-refractivity contribution < 1.29 is 38.3 Å². The molecule has 4 rings (SSSR count). The lowest BCUT2D eigenvalue weighted by Gasteiger charge is -2.31. The Morgan fingerprint density at radius 3 is 2.59 bits per heavy atom. The zero-order valence-corrected chi connectivity index (χ0v) is 25.1. The molecule has 4 aliphatic rings. The van der Waals surface area contributed by atoms with E-state index in [1.54, 1.807) is 0 Å². The van der Waals surface area contributed by atoms with Crippen LogP contribution in [0.5, 0.6) is 0 Å². The molecule has 2 aliphatic carbocycles. The smallest absolute Gasteiger partial charge is 0.331 e. The van der Waals surface area contributed by atoms with Crippen LogP contribution in [0, 0.1) is 41.4 Å². The molecule has 0 aromatic rings. The van der Waals surface area contributed by atoms with Gasteiger partial charge in [-0.15, -0.1) is 11.8 Å². The van der Waals surface area contributed by atoms with Crippen LogP contribution >= 0.6 is 0 Å². The largest absolute Gasteiger partial charge is 0.467 e. The van der Waals surface area contributed by atoms with Gasteiger partial charge in [0.1, 0.15) is 6.61 Å². The Labute approximate surface area is 246 Å². The van der Waals surface area contributed by atoms with Crippen molar-refractivity contribution in [1.29, 1.82) is 0 Å². The van der Waals surface area contributed by atoms with Crippen molar-refractivity contribution in [1.82, 2.24) is 0 Å². The SMILES string of the molecule is CC#CCC(C)[C@@H](/C=C/[C@@H]1[C@H]2CC(C(CO)COCC(=O)OC)=C[C@H]2C[C@H]1OC1CCCCO1)OC1CCCCO1. The molecule has 8 nitrogen and oxygen atoms in total. The van der Waals surface area contributed by atoms with Gasteiger partial charge in [-0.2, -0.15) is 0 Å². The fourth-order valence-corrected chi connectivity index (χ4v) is 6.59. The van der Waals surface area contributed by atoms with Crippen molar-refractivity contribution in [3.8, 4) is 11.8 Å². The third-order valence-corrected chi connectivity index (χ3v) is 8.99. The van der Waals surface area contributed by atoms with Crippen LogP contribution in [0.2, 0.25) is 0 Å². The first kappa shape index (κ1) is 32.2. The fraction of sp³-hybridized carbons (Fsp3) is 0.788. The van der Waals surface area contributed by atoms with E-state index in [1.165, 1.54) is 12.7 Å². The number of carbonyl (C=O) groups excluding carboxylic acids is 1. The van der Waals surface area contributed by atoms with Crippen molar-refractivity contribution in [3.63, 3.8) is 0 Å². The molecule has 2 heterocycles. The van der Waals surface area contributed by atoms with E-state index in [0.29, 0.717) is 18.4 Å². The maximum absolute atomic E-state index is 11.5. The zero-order chi connectivity index (χ0) is 29.0. The average molecular weight is 575 g/mol. The van der Waals surface area contributed by atoms with Crippen molar-refractivity contribution in [3.05, 3.63) is 23.8 Å². The Morgan fingerprint density at radius 1 is 1.17 bits per heavy atom. The van der Waals surface area contributed by atoms with Crippen molar-refractivity contribution in [2.24, 2.45) is 29.6 Å². The third kappa shape index (κ3) is 9.38. The maximum atomic E-state index is 11.5. The lowest BCUT2D eigenvalue weighted by atomic mass is 9.86. The molecular formula is C33H50O8. The molecule has 9 atom stereocenters. The van der Waals surface area contributed by atoms with E-state index in [4.69, 9.17) is 23.7 Å². The summed E-state index contributed by atoms with van der Waals surface area (Å²) < 4.78 is 35.3. The summed E-state index contributed by atoms with van der Waals surface area (Å²) in [6.07, 6.45) is 15.3. The number of aliphatic hydroxyl groups excluding tert-OH is 1. The van der Waals surface area contributed by atoms with E-state index in [0.717, 1.165) is 71.0 Å². The van der Waals surface area contributed by atoms with Crippen LogP contribution in [0.25, 0.3) is 0 Å². The Bertz CT molecular complexity index is 923. The highest BCUT2D eigenvalue weighted by molar-refractivity contribution is 5.70. The standard InChI is InChI=1S/C33H50O8/c1-4-5-10-23(2)29(40-32-11-6-8-15-38-32)14-13-27-28-18-24(26(20-34)21-37-22-31(35)36-3)17-25(28)19-30(27)41-33-12-7-9-16-39-33/h13-14,17,23,25-30,32-34H,6-12,15-16,18-22H2,1-3H3/b14-13+/t23?,25-,26?,27+,28-,29+,30+,32?,33?/m0/s1. The summed E-state index contributed by atoms with van der Waals surface area (Å²) in [5.74, 6) is 6.84. The van der Waals surface area contributed by atoms with E-state index >= 15 is 0 Å². The summed E-state index contributed by atoms with van der Waals surface area (Å²) in [5.41, 5.74) is 1.20. The summed E-state index contributed by atoms with van der Waals surface area (Å²) in [4.78, 5) is 11.5. The predicted molar refractivity (Wildman–Crippen MR) is 154 cm³/mol. The number of allylic oxidation sites excluding steroid dienone is 1. The molecule has 0 spiro atoms. The number of esters is 1. The second-order valence-corrected chi connectivity index (χ2v) is 11.9. The van der Waals surface area contributed by atoms with Crippen LogP contribution < -0.4 is 0 Å². The van der Waals surface area contributed by atoms with Crippen molar-refractivity contribution in [2.45, 2.75) is 96.4 Å². The number of rotatable bonds is 14. The first-order valence-corrected chi connectivity index (χ1v) is 15.6. The van der Waals surface area contributed by atoms with E-state index < -0.39 is 5.97 Å². The lowest BCUT2D eigenvalue weighted by molar-refractivity contribution is -0.193. The van der Waals surface area contributed by atoms with Gasteiger partial charge in [-0.25, -0.2) is 4.79 Å². The predicted octanol–water partition coefficient (Wildman–Crippen LogP) is 4.80. The third-order valence-electron chi connectivity index (χ3n) is 8.99. The maximum Gasteiger partial charge on any atom is 0.331 e. The minimum atomic E-state index is -0.413. The molecule has 2 aliphatic heterocycles. The van der Waals surface area contributed by atoms with Gasteiger partial charge in [0.05, 0.1) is 32.5 Å². The molecule has 3 fully saturated rings. The Balaban J connectivity index is 1.48. The number of ether oxygens (including phenoxy) is 6. The van der Waals surface area contributed by atoms with E-state index in [-0.39, 0.29) is 55.8 Å². The van der Waals surface area contributed by atoms with Crippen LogP contribution in [0.3, 0.4) is 0 Å². The van der Waals surface area contributed by atoms with Gasteiger partial charge in [0.15, 0.2) is 12.6 Å². The second kappa shape index (κ2) is 16.8. The Morgan fingerprint density at radius 2 is 1.93 bits per heavy atom. The quantitative estimate of drug-likeness (QED) is 0.180. The average Bonchev–Trinajstić information content (AvgIpc) is 3.54. The molecule has 0 amide bonds. The molecule has 230 valence electrons. The zero-order valence-electron chi connectivity index (χ0n) is 25.1. The van der Waals surface area contributed by atoms with Gasteiger partial charge in [-0.05, 0) is 76.0 Å². The Kier molecular flexibility index (Phi) is 13.2. The highest BCUT2D eigenvalue weighted by atomic mass is 16.7. The molecule has 0 radical (unpaired) electrons. The number of hydrogen-bond donors (Lipinski definition) is 1. The number of fused-ring (bicyclic) bond motifs is 1. The summed E-state index contributed by atoms with van der Waals surface area (Å²) in [6.45, 7) is 5.74. The first-order chi connectivity index (χ1) is 20.0. The lowest BCUT2D eigenvalue weighted by Crippen LogP contribution is -2.32. The van der Waals surface area contributed by atoms with Crippen molar-refractivity contribution in [2.75, 3.05) is 40.1 Å². The van der Waals surface area contributed by atoms with E-state index in [1.807, 2.05) is 6.92 Å². The summed E-state index contributed by atoms with van der Waals surface area (Å²) in [6, 6.07) is 0. The van der Waals surface area contributed by atoms with Crippen LogP contribution in [0.1, 0.15) is 71.6 Å². The van der Waals surface area contributed by atoms with Crippen molar-refractivity contribution >= 4 is 5.97 Å². The topological polar surface area (TPSA) is 92.7 Å². The Hall–Kier alpha value is -1.73. The molecule has 2 saturated heterocycles. The molecule has 0 aromatic heterocycles. The van der Waals surface area contributed by atoms with Crippen LogP contribution in [-0.2, 0) is 33.2 Å². The van der Waals surface area contributed by atoms with E-state index in [9.17, 15) is 9.90 Å². The fourth-order valence-electron chi connectivity index (χ4n) is 6.59. The highest BCUT2D eigenvalue weighted by Crippen LogP contribution is 2.50. The van der Waals surface area contributed by atoms with Crippen LogP contribution in [-0.4, -0.2) is 76.0 Å². The summed E-state index contributed by atoms with van der Waals surface area (Å²) in [5, 5.41) is 10.1. The minimum absolute atomic E-state index is 0.0178. The molecule has 0 bridgehead atoms. The van der Waals surface area contributed by atoms with Gasteiger partial charge in [-0.3, -0.25) is 0 Å². The van der Waals surface area contributed by atoms with Gasteiger partial charge >= 0.3 is 5.97 Å². The molecule has 4 unspecified atom stereocenters.